The molecule has 0 aromatic heterocycles. The van der Waals surface area contributed by atoms with Gasteiger partial charge in [-0.2, -0.15) is 4.31 Å². The first kappa shape index (κ1) is 18.8. The van der Waals surface area contributed by atoms with Crippen LogP contribution in [0.2, 0.25) is 0 Å². The molecule has 1 saturated heterocycles. The summed E-state index contributed by atoms with van der Waals surface area (Å²) in [6.45, 7) is 1.35. The number of amides is 1. The molecule has 1 atom stereocenters. The third-order valence-corrected chi connectivity index (χ3v) is 5.11. The molecule has 8 heteroatoms. The van der Waals surface area contributed by atoms with E-state index in [1.54, 1.807) is 12.1 Å². The third kappa shape index (κ3) is 6.18. The van der Waals surface area contributed by atoms with Gasteiger partial charge in [-0.05, 0) is 30.5 Å². The van der Waals surface area contributed by atoms with Gasteiger partial charge in [0.15, 0.2) is 0 Å². The standard InChI is InChI=1S/C16H23FN2O4S/c1-24(21,22)19(12-15-6-3-9-23-15)8-7-18-16(20)11-13-4-2-5-14(17)10-13/h2,4-5,10,15H,3,6-9,11-12H2,1H3,(H,18,20). The molecule has 0 bridgehead atoms. The van der Waals surface area contributed by atoms with E-state index in [0.717, 1.165) is 19.1 Å². The van der Waals surface area contributed by atoms with Crippen LogP contribution in [0.3, 0.4) is 0 Å². The first-order valence-corrected chi connectivity index (χ1v) is 9.77. The summed E-state index contributed by atoms with van der Waals surface area (Å²) in [6, 6.07) is 5.84. The van der Waals surface area contributed by atoms with Gasteiger partial charge in [0.05, 0.1) is 18.8 Å². The van der Waals surface area contributed by atoms with Gasteiger partial charge in [0.2, 0.25) is 15.9 Å². The Bertz CT molecular complexity index is 660. The number of hydrogen-bond donors (Lipinski definition) is 1. The van der Waals surface area contributed by atoms with Crippen molar-refractivity contribution < 1.29 is 22.3 Å². The minimum Gasteiger partial charge on any atom is -0.377 e. The lowest BCUT2D eigenvalue weighted by molar-refractivity contribution is -0.120. The van der Waals surface area contributed by atoms with E-state index in [4.69, 9.17) is 4.74 Å². The predicted octanol–water partition coefficient (Wildman–Crippen LogP) is 0.925. The van der Waals surface area contributed by atoms with E-state index >= 15 is 0 Å². The summed E-state index contributed by atoms with van der Waals surface area (Å²) in [4.78, 5) is 11.9. The van der Waals surface area contributed by atoms with Crippen LogP contribution in [0.15, 0.2) is 24.3 Å². The molecule has 0 aliphatic carbocycles. The number of rotatable bonds is 8. The van der Waals surface area contributed by atoms with E-state index in [-0.39, 0.29) is 37.3 Å². The molecule has 2 rings (SSSR count). The maximum absolute atomic E-state index is 13.1. The molecule has 1 fully saturated rings. The molecule has 1 aliphatic heterocycles. The van der Waals surface area contributed by atoms with Crippen LogP contribution < -0.4 is 5.32 Å². The summed E-state index contributed by atoms with van der Waals surface area (Å²) in [5.41, 5.74) is 0.576. The van der Waals surface area contributed by atoms with Gasteiger partial charge in [0.25, 0.3) is 0 Å². The van der Waals surface area contributed by atoms with Gasteiger partial charge in [0, 0.05) is 26.2 Å². The molecule has 1 amide bonds. The Morgan fingerprint density at radius 2 is 2.25 bits per heavy atom. The monoisotopic (exact) mass is 358 g/mol. The minimum absolute atomic E-state index is 0.0579. The molecule has 0 saturated carbocycles. The van der Waals surface area contributed by atoms with Gasteiger partial charge in [-0.1, -0.05) is 12.1 Å². The summed E-state index contributed by atoms with van der Waals surface area (Å²) in [5, 5.41) is 2.67. The molecule has 134 valence electrons. The number of nitrogens with zero attached hydrogens (tertiary/aromatic N) is 1. The van der Waals surface area contributed by atoms with Crippen molar-refractivity contribution in [1.82, 2.24) is 9.62 Å². The fraction of sp³-hybridized carbons (Fsp3) is 0.562. The maximum atomic E-state index is 13.1. The zero-order chi connectivity index (χ0) is 17.6. The van der Waals surface area contributed by atoms with Crippen LogP contribution in [0.1, 0.15) is 18.4 Å². The Labute approximate surface area is 142 Å². The molecular formula is C16H23FN2O4S. The molecule has 0 spiro atoms. The highest BCUT2D eigenvalue weighted by atomic mass is 32.2. The highest BCUT2D eigenvalue weighted by Crippen LogP contribution is 2.14. The van der Waals surface area contributed by atoms with Gasteiger partial charge in [-0.15, -0.1) is 0 Å². The zero-order valence-electron chi connectivity index (χ0n) is 13.7. The lowest BCUT2D eigenvalue weighted by atomic mass is 10.1. The number of nitrogens with one attached hydrogen (secondary N) is 1. The summed E-state index contributed by atoms with van der Waals surface area (Å²) in [7, 11) is -3.36. The van der Waals surface area contributed by atoms with E-state index in [2.05, 4.69) is 5.32 Å². The largest absolute Gasteiger partial charge is 0.377 e. The number of carbonyl (C=O) groups excluding carboxylic acids is 1. The Balaban J connectivity index is 1.80. The number of halogens is 1. The fourth-order valence-corrected chi connectivity index (χ4v) is 3.48. The average molecular weight is 358 g/mol. The normalized spacial score (nSPS) is 18.0. The number of benzene rings is 1. The van der Waals surface area contributed by atoms with Gasteiger partial charge >= 0.3 is 0 Å². The number of ether oxygens (including phenoxy) is 1. The average Bonchev–Trinajstić information content (AvgIpc) is 2.98. The molecular weight excluding hydrogens is 335 g/mol. The summed E-state index contributed by atoms with van der Waals surface area (Å²) in [6.07, 6.45) is 2.91. The van der Waals surface area contributed by atoms with Crippen molar-refractivity contribution in [2.45, 2.75) is 25.4 Å². The Hall–Kier alpha value is -1.51. The molecule has 24 heavy (non-hydrogen) atoms. The first-order chi connectivity index (χ1) is 11.3. The van der Waals surface area contributed by atoms with E-state index in [1.165, 1.54) is 16.4 Å². The van der Waals surface area contributed by atoms with E-state index in [1.807, 2.05) is 0 Å². The second-order valence-corrected chi connectivity index (χ2v) is 7.90. The van der Waals surface area contributed by atoms with Crippen LogP contribution in [0.5, 0.6) is 0 Å². The van der Waals surface area contributed by atoms with Crippen molar-refractivity contribution in [3.8, 4) is 0 Å². The van der Waals surface area contributed by atoms with Crippen LogP contribution in [0.4, 0.5) is 4.39 Å². The van der Waals surface area contributed by atoms with Gasteiger partial charge in [-0.25, -0.2) is 12.8 Å². The number of sulfonamides is 1. The predicted molar refractivity (Wildman–Crippen MR) is 88.5 cm³/mol. The van der Waals surface area contributed by atoms with E-state index in [9.17, 15) is 17.6 Å². The summed E-state index contributed by atoms with van der Waals surface area (Å²) >= 11 is 0. The van der Waals surface area contributed by atoms with Crippen molar-refractivity contribution in [3.05, 3.63) is 35.6 Å². The summed E-state index contributed by atoms with van der Waals surface area (Å²) < 4.78 is 43.6. The Morgan fingerprint density at radius 1 is 1.46 bits per heavy atom. The SMILES string of the molecule is CS(=O)(=O)N(CCNC(=O)Cc1cccc(F)c1)CC1CCCO1. The molecule has 1 unspecified atom stereocenters. The second kappa shape index (κ2) is 8.55. The van der Waals surface area contributed by atoms with Crippen molar-refractivity contribution in [3.63, 3.8) is 0 Å². The van der Waals surface area contributed by atoms with Gasteiger partial charge < -0.3 is 10.1 Å². The molecule has 1 N–H and O–H groups in total. The number of carbonyl (C=O) groups is 1. The van der Waals surface area contributed by atoms with Crippen molar-refractivity contribution in [1.29, 1.82) is 0 Å². The third-order valence-electron chi connectivity index (χ3n) is 3.84. The van der Waals surface area contributed by atoms with Crippen LogP contribution in [-0.4, -0.2) is 57.2 Å². The molecule has 1 aromatic rings. The molecule has 0 radical (unpaired) electrons. The van der Waals surface area contributed by atoms with E-state index in [0.29, 0.717) is 18.7 Å². The number of hydrogen-bond acceptors (Lipinski definition) is 4. The van der Waals surface area contributed by atoms with Gasteiger partial charge in [0.1, 0.15) is 5.82 Å². The van der Waals surface area contributed by atoms with Gasteiger partial charge in [-0.3, -0.25) is 4.79 Å². The van der Waals surface area contributed by atoms with Crippen LogP contribution in [-0.2, 0) is 26.0 Å². The van der Waals surface area contributed by atoms with Crippen molar-refractivity contribution >= 4 is 15.9 Å². The zero-order valence-corrected chi connectivity index (χ0v) is 14.5. The highest BCUT2D eigenvalue weighted by Gasteiger charge is 2.24. The van der Waals surface area contributed by atoms with E-state index < -0.39 is 10.0 Å². The molecule has 1 aliphatic rings. The molecule has 1 aromatic carbocycles. The second-order valence-electron chi connectivity index (χ2n) is 5.91. The lowest BCUT2D eigenvalue weighted by Crippen LogP contribution is -2.42. The Morgan fingerprint density at radius 3 is 2.88 bits per heavy atom. The highest BCUT2D eigenvalue weighted by molar-refractivity contribution is 7.88. The molecule has 1 heterocycles. The smallest absolute Gasteiger partial charge is 0.224 e. The summed E-state index contributed by atoms with van der Waals surface area (Å²) in [5.74, 6) is -0.661. The topological polar surface area (TPSA) is 75.7 Å². The Kier molecular flexibility index (Phi) is 6.70. The maximum Gasteiger partial charge on any atom is 0.224 e. The minimum atomic E-state index is -3.36. The fourth-order valence-electron chi connectivity index (χ4n) is 2.62. The lowest BCUT2D eigenvalue weighted by Gasteiger charge is -2.23. The van der Waals surface area contributed by atoms with Crippen molar-refractivity contribution in [2.24, 2.45) is 0 Å². The van der Waals surface area contributed by atoms with Crippen LogP contribution >= 0.6 is 0 Å². The van der Waals surface area contributed by atoms with Crippen LogP contribution in [0, 0.1) is 5.82 Å². The van der Waals surface area contributed by atoms with Crippen LogP contribution in [0.25, 0.3) is 0 Å². The first-order valence-electron chi connectivity index (χ1n) is 7.92. The quantitative estimate of drug-likeness (QED) is 0.750. The molecule has 6 nitrogen and oxygen atoms in total. The van der Waals surface area contributed by atoms with Crippen molar-refractivity contribution in [2.75, 3.05) is 32.5 Å².